The summed E-state index contributed by atoms with van der Waals surface area (Å²) in [7, 11) is 1.59. The molecule has 28 heavy (non-hydrogen) atoms. The highest BCUT2D eigenvalue weighted by molar-refractivity contribution is 6.36. The minimum atomic E-state index is -0.288. The SMILES string of the molecule is COc1ccc(C2=C(Nc3cc(C)cc(C)c3)C(=O)N(CC(C)C)C2=O)cc1. The van der Waals surface area contributed by atoms with Gasteiger partial charge < -0.3 is 10.1 Å². The second-order valence-electron chi connectivity index (χ2n) is 7.59. The Bertz CT molecular complexity index is 923. The van der Waals surface area contributed by atoms with Gasteiger partial charge >= 0.3 is 0 Å². The number of aryl methyl sites for hydroxylation is 2. The van der Waals surface area contributed by atoms with E-state index in [4.69, 9.17) is 4.74 Å². The largest absolute Gasteiger partial charge is 0.497 e. The number of nitrogens with zero attached hydrogens (tertiary/aromatic N) is 1. The smallest absolute Gasteiger partial charge is 0.278 e. The number of methoxy groups -OCH3 is 1. The fourth-order valence-corrected chi connectivity index (χ4v) is 3.44. The van der Waals surface area contributed by atoms with Crippen molar-refractivity contribution < 1.29 is 14.3 Å². The van der Waals surface area contributed by atoms with Crippen LogP contribution in [0.1, 0.15) is 30.5 Å². The predicted octanol–water partition coefficient (Wildman–Crippen LogP) is 4.16. The molecule has 146 valence electrons. The topological polar surface area (TPSA) is 58.6 Å². The third kappa shape index (κ3) is 3.93. The molecule has 0 aliphatic carbocycles. The molecule has 0 unspecified atom stereocenters. The summed E-state index contributed by atoms with van der Waals surface area (Å²) >= 11 is 0. The predicted molar refractivity (Wildman–Crippen MR) is 111 cm³/mol. The van der Waals surface area contributed by atoms with Crippen LogP contribution in [0.15, 0.2) is 48.2 Å². The van der Waals surface area contributed by atoms with Crippen molar-refractivity contribution in [2.45, 2.75) is 27.7 Å². The lowest BCUT2D eigenvalue weighted by Crippen LogP contribution is -2.35. The molecule has 1 heterocycles. The minimum absolute atomic E-state index is 0.186. The number of nitrogens with one attached hydrogen (secondary N) is 1. The molecule has 5 nitrogen and oxygen atoms in total. The lowest BCUT2D eigenvalue weighted by molar-refractivity contribution is -0.137. The van der Waals surface area contributed by atoms with Crippen LogP contribution in [0.5, 0.6) is 5.75 Å². The van der Waals surface area contributed by atoms with Gasteiger partial charge in [-0.25, -0.2) is 0 Å². The second kappa shape index (κ2) is 7.89. The van der Waals surface area contributed by atoms with Crippen LogP contribution in [-0.2, 0) is 9.59 Å². The average Bonchev–Trinajstić information content (AvgIpc) is 2.85. The summed E-state index contributed by atoms with van der Waals surface area (Å²) in [5, 5.41) is 3.22. The molecule has 0 radical (unpaired) electrons. The molecule has 3 rings (SSSR count). The molecule has 5 heteroatoms. The number of rotatable bonds is 6. The maximum Gasteiger partial charge on any atom is 0.278 e. The van der Waals surface area contributed by atoms with Gasteiger partial charge in [-0.3, -0.25) is 14.5 Å². The lowest BCUT2D eigenvalue weighted by Gasteiger charge is -2.17. The normalized spacial score (nSPS) is 14.3. The number of carbonyl (C=O) groups excluding carboxylic acids is 2. The number of anilines is 1. The maximum absolute atomic E-state index is 13.1. The third-order valence-electron chi connectivity index (χ3n) is 4.59. The van der Waals surface area contributed by atoms with Gasteiger partial charge in [0, 0.05) is 12.2 Å². The Balaban J connectivity index is 2.07. The summed E-state index contributed by atoms with van der Waals surface area (Å²) in [4.78, 5) is 27.5. The summed E-state index contributed by atoms with van der Waals surface area (Å²) < 4.78 is 5.21. The van der Waals surface area contributed by atoms with E-state index in [1.807, 2.05) is 39.8 Å². The van der Waals surface area contributed by atoms with Gasteiger partial charge in [0.2, 0.25) is 0 Å². The zero-order chi connectivity index (χ0) is 20.4. The first kappa shape index (κ1) is 19.7. The number of amides is 2. The molecule has 0 aromatic heterocycles. The number of imide groups is 1. The molecule has 0 atom stereocenters. The highest BCUT2D eigenvalue weighted by Crippen LogP contribution is 2.32. The molecule has 0 saturated heterocycles. The van der Waals surface area contributed by atoms with E-state index < -0.39 is 0 Å². The first-order valence-corrected chi connectivity index (χ1v) is 9.40. The molecule has 1 aliphatic rings. The zero-order valence-electron chi connectivity index (χ0n) is 17.0. The summed E-state index contributed by atoms with van der Waals surface area (Å²) in [5.74, 6) is 0.328. The number of hydrogen-bond acceptors (Lipinski definition) is 4. The Labute approximate surface area is 166 Å². The van der Waals surface area contributed by atoms with Crippen molar-refractivity contribution in [3.05, 3.63) is 64.9 Å². The fraction of sp³-hybridized carbons (Fsp3) is 0.304. The summed E-state index contributed by atoms with van der Waals surface area (Å²) in [6.45, 7) is 8.37. The van der Waals surface area contributed by atoms with E-state index in [0.717, 1.165) is 16.8 Å². The standard InChI is InChI=1S/C23H26N2O3/c1-14(2)13-25-22(26)20(17-6-8-19(28-5)9-7-17)21(23(25)27)24-18-11-15(3)10-16(4)12-18/h6-12,14,24H,13H2,1-5H3. The third-order valence-corrected chi connectivity index (χ3v) is 4.59. The highest BCUT2D eigenvalue weighted by Gasteiger charge is 2.39. The Morgan fingerprint density at radius 2 is 1.57 bits per heavy atom. The molecular formula is C23H26N2O3. The molecule has 2 aromatic rings. The van der Waals surface area contributed by atoms with Crippen LogP contribution in [-0.4, -0.2) is 30.4 Å². The minimum Gasteiger partial charge on any atom is -0.497 e. The highest BCUT2D eigenvalue weighted by atomic mass is 16.5. The molecule has 0 bridgehead atoms. The number of ether oxygens (including phenoxy) is 1. The van der Waals surface area contributed by atoms with Crippen LogP contribution < -0.4 is 10.1 Å². The van der Waals surface area contributed by atoms with Crippen LogP contribution >= 0.6 is 0 Å². The van der Waals surface area contributed by atoms with E-state index in [2.05, 4.69) is 11.4 Å². The first-order valence-electron chi connectivity index (χ1n) is 9.40. The van der Waals surface area contributed by atoms with Crippen LogP contribution in [0.3, 0.4) is 0 Å². The van der Waals surface area contributed by atoms with Crippen LogP contribution in [0.25, 0.3) is 5.57 Å². The first-order chi connectivity index (χ1) is 13.3. The Morgan fingerprint density at radius 1 is 0.964 bits per heavy atom. The maximum atomic E-state index is 13.1. The molecular weight excluding hydrogens is 352 g/mol. The van der Waals surface area contributed by atoms with Gasteiger partial charge in [0.15, 0.2) is 0 Å². The van der Waals surface area contributed by atoms with Crippen molar-refractivity contribution in [1.29, 1.82) is 0 Å². The quantitative estimate of drug-likeness (QED) is 0.767. The molecule has 0 saturated carbocycles. The fourth-order valence-electron chi connectivity index (χ4n) is 3.44. The Kier molecular flexibility index (Phi) is 5.54. The van der Waals surface area contributed by atoms with E-state index in [1.54, 1.807) is 31.4 Å². The average molecular weight is 378 g/mol. The van der Waals surface area contributed by atoms with E-state index in [-0.39, 0.29) is 17.7 Å². The van der Waals surface area contributed by atoms with Crippen molar-refractivity contribution in [2.24, 2.45) is 5.92 Å². The van der Waals surface area contributed by atoms with Gasteiger partial charge in [-0.1, -0.05) is 32.0 Å². The Hall–Kier alpha value is -3.08. The van der Waals surface area contributed by atoms with Gasteiger partial charge in [0.05, 0.1) is 12.7 Å². The second-order valence-corrected chi connectivity index (χ2v) is 7.59. The van der Waals surface area contributed by atoms with Crippen molar-refractivity contribution in [2.75, 3.05) is 19.0 Å². The lowest BCUT2D eigenvalue weighted by atomic mass is 10.0. The van der Waals surface area contributed by atoms with Gasteiger partial charge in [-0.05, 0) is 60.7 Å². The zero-order valence-corrected chi connectivity index (χ0v) is 17.0. The van der Waals surface area contributed by atoms with Gasteiger partial charge in [0.25, 0.3) is 11.8 Å². The van der Waals surface area contributed by atoms with Gasteiger partial charge in [-0.15, -0.1) is 0 Å². The van der Waals surface area contributed by atoms with Crippen molar-refractivity contribution in [3.8, 4) is 5.75 Å². The molecule has 0 fully saturated rings. The van der Waals surface area contributed by atoms with Crippen LogP contribution in [0, 0.1) is 19.8 Å². The van der Waals surface area contributed by atoms with Crippen LogP contribution in [0.4, 0.5) is 5.69 Å². The van der Waals surface area contributed by atoms with Gasteiger partial charge in [0.1, 0.15) is 11.4 Å². The Morgan fingerprint density at radius 3 is 2.11 bits per heavy atom. The van der Waals surface area contributed by atoms with Crippen molar-refractivity contribution in [1.82, 2.24) is 4.90 Å². The van der Waals surface area contributed by atoms with Crippen molar-refractivity contribution in [3.63, 3.8) is 0 Å². The number of carbonyl (C=O) groups is 2. The molecule has 1 N–H and O–H groups in total. The molecule has 1 aliphatic heterocycles. The summed E-state index contributed by atoms with van der Waals surface area (Å²) in [6, 6.07) is 13.2. The number of hydrogen-bond donors (Lipinski definition) is 1. The van der Waals surface area contributed by atoms with E-state index >= 15 is 0 Å². The summed E-state index contributed by atoms with van der Waals surface area (Å²) in [5.41, 5.74) is 4.38. The van der Waals surface area contributed by atoms with E-state index in [0.29, 0.717) is 29.1 Å². The summed E-state index contributed by atoms with van der Waals surface area (Å²) in [6.07, 6.45) is 0. The van der Waals surface area contributed by atoms with E-state index in [9.17, 15) is 9.59 Å². The van der Waals surface area contributed by atoms with Crippen molar-refractivity contribution >= 4 is 23.1 Å². The van der Waals surface area contributed by atoms with Gasteiger partial charge in [-0.2, -0.15) is 0 Å². The van der Waals surface area contributed by atoms with Crippen LogP contribution in [0.2, 0.25) is 0 Å². The monoisotopic (exact) mass is 378 g/mol. The van der Waals surface area contributed by atoms with E-state index in [1.165, 1.54) is 4.90 Å². The molecule has 2 aromatic carbocycles. The number of benzene rings is 2. The molecule has 2 amide bonds. The molecule has 0 spiro atoms.